The normalized spacial score (nSPS) is 11.4. The summed E-state index contributed by atoms with van der Waals surface area (Å²) in [5, 5.41) is 9.33. The van der Waals surface area contributed by atoms with Crippen LogP contribution in [0.5, 0.6) is 0 Å². The van der Waals surface area contributed by atoms with Gasteiger partial charge in [-0.15, -0.1) is 11.3 Å². The minimum Gasteiger partial charge on any atom is -0.477 e. The van der Waals surface area contributed by atoms with Crippen LogP contribution >= 0.6 is 11.3 Å². The van der Waals surface area contributed by atoms with E-state index in [0.717, 1.165) is 11.3 Å². The van der Waals surface area contributed by atoms with Gasteiger partial charge in [0.2, 0.25) is 10.0 Å². The van der Waals surface area contributed by atoms with E-state index in [-0.39, 0.29) is 16.3 Å². The molecule has 1 aromatic heterocycles. The largest absolute Gasteiger partial charge is 0.477 e. The molecule has 0 aliphatic rings. The van der Waals surface area contributed by atoms with E-state index in [1.165, 1.54) is 12.1 Å². The van der Waals surface area contributed by atoms with Crippen LogP contribution in [0.3, 0.4) is 0 Å². The van der Waals surface area contributed by atoms with Crippen molar-refractivity contribution in [3.8, 4) is 0 Å². The number of hydrogen-bond donors (Lipinski definition) is 2. The monoisotopic (exact) mass is 312 g/mol. The third kappa shape index (κ3) is 3.21. The number of nitrogens with zero attached hydrogens (tertiary/aromatic N) is 1. The number of carboxylic acid groups (broad SMARTS) is 1. The number of sulfonamides is 1. The third-order valence-electron chi connectivity index (χ3n) is 2.50. The Hall–Kier alpha value is -1.77. The van der Waals surface area contributed by atoms with Gasteiger partial charge in [0.1, 0.15) is 9.88 Å². The van der Waals surface area contributed by atoms with Gasteiger partial charge >= 0.3 is 5.97 Å². The molecule has 2 rings (SSSR count). The standard InChI is InChI=1S/C12H12N2O4S2/c1-8-11(12(15)16)19-10(14-8)7-13-20(17,18)9-5-3-2-4-6-9/h2-6,13H,7H2,1H3,(H,15,16). The van der Waals surface area contributed by atoms with Gasteiger partial charge in [0.15, 0.2) is 0 Å². The Balaban J connectivity index is 2.13. The van der Waals surface area contributed by atoms with Crippen molar-refractivity contribution >= 4 is 27.3 Å². The maximum Gasteiger partial charge on any atom is 0.347 e. The Labute approximate surface area is 120 Å². The van der Waals surface area contributed by atoms with E-state index in [4.69, 9.17) is 5.11 Å². The molecule has 1 heterocycles. The second kappa shape index (κ2) is 5.70. The predicted octanol–water partition coefficient (Wildman–Crippen LogP) is 1.63. The summed E-state index contributed by atoms with van der Waals surface area (Å²) in [4.78, 5) is 15.2. The molecule has 0 saturated heterocycles. The molecule has 0 fully saturated rings. The zero-order valence-corrected chi connectivity index (χ0v) is 12.2. The topological polar surface area (TPSA) is 96.4 Å². The molecule has 0 aliphatic heterocycles. The summed E-state index contributed by atoms with van der Waals surface area (Å²) in [6.45, 7) is 1.55. The smallest absolute Gasteiger partial charge is 0.347 e. The van der Waals surface area contributed by atoms with Gasteiger partial charge in [-0.25, -0.2) is 22.9 Å². The zero-order chi connectivity index (χ0) is 14.8. The maximum atomic E-state index is 12.0. The lowest BCUT2D eigenvalue weighted by molar-refractivity contribution is 0.0701. The molecule has 6 nitrogen and oxygen atoms in total. The second-order valence-electron chi connectivity index (χ2n) is 3.96. The van der Waals surface area contributed by atoms with E-state index in [1.54, 1.807) is 25.1 Å². The van der Waals surface area contributed by atoms with Crippen molar-refractivity contribution in [2.75, 3.05) is 0 Å². The summed E-state index contributed by atoms with van der Waals surface area (Å²) >= 11 is 0.966. The van der Waals surface area contributed by atoms with Gasteiger partial charge in [-0.3, -0.25) is 0 Å². The fourth-order valence-electron chi connectivity index (χ4n) is 1.57. The van der Waals surface area contributed by atoms with E-state index < -0.39 is 16.0 Å². The molecule has 2 N–H and O–H groups in total. The van der Waals surface area contributed by atoms with Crippen molar-refractivity contribution in [2.45, 2.75) is 18.4 Å². The van der Waals surface area contributed by atoms with Gasteiger partial charge in [-0.2, -0.15) is 0 Å². The SMILES string of the molecule is Cc1nc(CNS(=O)(=O)c2ccccc2)sc1C(=O)O. The highest BCUT2D eigenvalue weighted by Gasteiger charge is 2.17. The molecule has 8 heteroatoms. The van der Waals surface area contributed by atoms with Gasteiger partial charge < -0.3 is 5.11 Å². The van der Waals surface area contributed by atoms with E-state index >= 15 is 0 Å². The number of benzene rings is 1. The number of nitrogens with one attached hydrogen (secondary N) is 1. The van der Waals surface area contributed by atoms with E-state index in [9.17, 15) is 13.2 Å². The molecule has 0 aliphatic carbocycles. The fourth-order valence-corrected chi connectivity index (χ4v) is 3.51. The van der Waals surface area contributed by atoms with Crippen molar-refractivity contribution in [3.63, 3.8) is 0 Å². The van der Waals surface area contributed by atoms with Crippen molar-refractivity contribution in [2.24, 2.45) is 0 Å². The number of aryl methyl sites for hydroxylation is 1. The number of aromatic carboxylic acids is 1. The lowest BCUT2D eigenvalue weighted by atomic mass is 10.4. The lowest BCUT2D eigenvalue weighted by Crippen LogP contribution is -2.23. The quantitative estimate of drug-likeness (QED) is 0.874. The Bertz CT molecular complexity index is 723. The van der Waals surface area contributed by atoms with Crippen molar-refractivity contribution in [1.29, 1.82) is 0 Å². The number of aromatic nitrogens is 1. The third-order valence-corrected chi connectivity index (χ3v) is 5.06. The fraction of sp³-hybridized carbons (Fsp3) is 0.167. The Morgan fingerprint density at radius 1 is 1.35 bits per heavy atom. The van der Waals surface area contributed by atoms with Crippen LogP contribution in [0.1, 0.15) is 20.4 Å². The highest BCUT2D eigenvalue weighted by molar-refractivity contribution is 7.89. The number of thiazole rings is 1. The summed E-state index contributed by atoms with van der Waals surface area (Å²) in [5.41, 5.74) is 0.386. The Kier molecular flexibility index (Phi) is 4.17. The predicted molar refractivity (Wildman–Crippen MR) is 74.3 cm³/mol. The molecule has 0 atom stereocenters. The van der Waals surface area contributed by atoms with Gasteiger partial charge in [0, 0.05) is 0 Å². The number of rotatable bonds is 5. The Morgan fingerprint density at radius 2 is 2.00 bits per heavy atom. The summed E-state index contributed by atoms with van der Waals surface area (Å²) in [6, 6.07) is 7.95. The van der Waals surface area contributed by atoms with Crippen LogP contribution in [0, 0.1) is 6.92 Å². The van der Waals surface area contributed by atoms with Crippen LogP contribution in [0.2, 0.25) is 0 Å². The summed E-state index contributed by atoms with van der Waals surface area (Å²) in [6.07, 6.45) is 0. The van der Waals surface area contributed by atoms with Crippen LogP contribution in [0.15, 0.2) is 35.2 Å². The zero-order valence-electron chi connectivity index (χ0n) is 10.5. The van der Waals surface area contributed by atoms with E-state index in [0.29, 0.717) is 10.7 Å². The average molecular weight is 312 g/mol. The van der Waals surface area contributed by atoms with Gasteiger partial charge in [-0.1, -0.05) is 18.2 Å². The molecule has 0 saturated carbocycles. The van der Waals surface area contributed by atoms with Crippen molar-refractivity contribution in [3.05, 3.63) is 45.9 Å². The van der Waals surface area contributed by atoms with Gasteiger partial charge in [0.05, 0.1) is 17.1 Å². The molecule has 1 aromatic carbocycles. The molecule has 106 valence electrons. The maximum absolute atomic E-state index is 12.0. The van der Waals surface area contributed by atoms with E-state index in [2.05, 4.69) is 9.71 Å². The first kappa shape index (κ1) is 14.6. The van der Waals surface area contributed by atoms with Crippen LogP contribution in [0.25, 0.3) is 0 Å². The van der Waals surface area contributed by atoms with Crippen LogP contribution in [-0.2, 0) is 16.6 Å². The molecule has 0 amide bonds. The Morgan fingerprint density at radius 3 is 2.55 bits per heavy atom. The highest BCUT2D eigenvalue weighted by atomic mass is 32.2. The first-order valence-corrected chi connectivity index (χ1v) is 7.94. The number of carbonyl (C=O) groups is 1. The lowest BCUT2D eigenvalue weighted by Gasteiger charge is -2.04. The first-order valence-electron chi connectivity index (χ1n) is 5.64. The van der Waals surface area contributed by atoms with Crippen LogP contribution in [0.4, 0.5) is 0 Å². The highest BCUT2D eigenvalue weighted by Crippen LogP contribution is 2.18. The molecule has 0 unspecified atom stereocenters. The molecule has 20 heavy (non-hydrogen) atoms. The molecule has 0 radical (unpaired) electrons. The average Bonchev–Trinajstić information content (AvgIpc) is 2.79. The summed E-state index contributed by atoms with van der Waals surface area (Å²) < 4.78 is 26.4. The molecular formula is C12H12N2O4S2. The molecular weight excluding hydrogens is 300 g/mol. The minimum absolute atomic E-state index is 0.0317. The second-order valence-corrected chi connectivity index (χ2v) is 6.82. The number of carboxylic acids is 1. The van der Waals surface area contributed by atoms with Gasteiger partial charge in [0.25, 0.3) is 0 Å². The van der Waals surface area contributed by atoms with Crippen LogP contribution in [-0.4, -0.2) is 24.5 Å². The minimum atomic E-state index is -3.61. The molecule has 0 bridgehead atoms. The molecule has 2 aromatic rings. The van der Waals surface area contributed by atoms with Crippen molar-refractivity contribution in [1.82, 2.24) is 9.71 Å². The summed E-state index contributed by atoms with van der Waals surface area (Å²) in [5.74, 6) is -1.06. The summed E-state index contributed by atoms with van der Waals surface area (Å²) in [7, 11) is -3.61. The van der Waals surface area contributed by atoms with Crippen LogP contribution < -0.4 is 4.72 Å². The van der Waals surface area contributed by atoms with Gasteiger partial charge in [-0.05, 0) is 19.1 Å². The van der Waals surface area contributed by atoms with E-state index in [1.807, 2.05) is 0 Å². The first-order chi connectivity index (χ1) is 9.40. The number of hydrogen-bond acceptors (Lipinski definition) is 5. The van der Waals surface area contributed by atoms with Crippen molar-refractivity contribution < 1.29 is 18.3 Å². The molecule has 0 spiro atoms.